The summed E-state index contributed by atoms with van der Waals surface area (Å²) >= 11 is 16.9. The van der Waals surface area contributed by atoms with Gasteiger partial charge in [0.25, 0.3) is 0 Å². The highest BCUT2D eigenvalue weighted by Crippen LogP contribution is 2.21. The third kappa shape index (κ3) is 2.41. The Bertz CT molecular complexity index is 279. The molecule has 0 amide bonds. The van der Waals surface area contributed by atoms with Gasteiger partial charge in [0, 0.05) is 15.6 Å². The smallest absolute Gasteiger partial charge is 0.0493 e. The van der Waals surface area contributed by atoms with Crippen LogP contribution in [0.2, 0.25) is 10.0 Å². The highest BCUT2D eigenvalue weighted by atomic mass is 35.5. The zero-order chi connectivity index (χ0) is 8.27. The molecule has 0 radical (unpaired) electrons. The molecule has 0 saturated carbocycles. The van der Waals surface area contributed by atoms with Gasteiger partial charge in [-0.05, 0) is 23.8 Å². The van der Waals surface area contributed by atoms with Gasteiger partial charge in [0.05, 0.1) is 0 Å². The summed E-state index contributed by atoms with van der Waals surface area (Å²) in [5.41, 5.74) is 2.28. The monoisotopic (exact) mass is 206 g/mol. The molecule has 0 spiro atoms. The molecule has 3 heteroatoms. The van der Waals surface area contributed by atoms with E-state index in [0.29, 0.717) is 10.0 Å². The average molecular weight is 207 g/mol. The van der Waals surface area contributed by atoms with Crippen molar-refractivity contribution in [3.8, 4) is 0 Å². The van der Waals surface area contributed by atoms with Crippen LogP contribution in [0.4, 0.5) is 0 Å². The van der Waals surface area contributed by atoms with Gasteiger partial charge in [0.15, 0.2) is 0 Å². The Kier molecular flexibility index (Phi) is 3.25. The van der Waals surface area contributed by atoms with E-state index in [4.69, 9.17) is 34.8 Å². The summed E-state index contributed by atoms with van der Waals surface area (Å²) in [6, 6.07) is 5.25. The zero-order valence-corrected chi connectivity index (χ0v) is 7.79. The summed E-state index contributed by atoms with van der Waals surface area (Å²) in [4.78, 5) is 0. The zero-order valence-electron chi connectivity index (χ0n) is 5.52. The van der Waals surface area contributed by atoms with E-state index >= 15 is 0 Å². The van der Waals surface area contributed by atoms with Crippen LogP contribution in [0.1, 0.15) is 5.56 Å². The first-order valence-electron chi connectivity index (χ1n) is 2.96. The van der Waals surface area contributed by atoms with Crippen molar-refractivity contribution in [2.75, 3.05) is 0 Å². The third-order valence-corrected chi connectivity index (χ3v) is 1.89. The van der Waals surface area contributed by atoms with E-state index in [1.165, 1.54) is 5.54 Å². The van der Waals surface area contributed by atoms with E-state index in [-0.39, 0.29) is 0 Å². The predicted molar refractivity (Wildman–Crippen MR) is 51.3 cm³/mol. The van der Waals surface area contributed by atoms with Crippen LogP contribution < -0.4 is 0 Å². The predicted octanol–water partition coefficient (Wildman–Crippen LogP) is 4.20. The van der Waals surface area contributed by atoms with Crippen molar-refractivity contribution in [3.63, 3.8) is 0 Å². The molecule has 0 unspecified atom stereocenters. The van der Waals surface area contributed by atoms with Gasteiger partial charge in [0.1, 0.15) is 0 Å². The fourth-order valence-corrected chi connectivity index (χ4v) is 1.31. The Labute approximate surface area is 80.4 Å². The molecule has 0 bridgehead atoms. The lowest BCUT2D eigenvalue weighted by Crippen LogP contribution is -1.73. The van der Waals surface area contributed by atoms with E-state index in [0.717, 1.165) is 5.56 Å². The minimum atomic E-state index is 0.606. The Balaban J connectivity index is 3.09. The first-order chi connectivity index (χ1) is 5.24. The molecule has 0 aliphatic rings. The first-order valence-corrected chi connectivity index (χ1v) is 4.15. The van der Waals surface area contributed by atoms with E-state index in [1.54, 1.807) is 18.2 Å². The number of benzene rings is 1. The van der Waals surface area contributed by atoms with Gasteiger partial charge in [-0.3, -0.25) is 0 Å². The maximum atomic E-state index is 5.81. The molecule has 0 atom stereocenters. The van der Waals surface area contributed by atoms with Crippen LogP contribution in [0.25, 0.3) is 6.08 Å². The maximum absolute atomic E-state index is 5.81. The van der Waals surface area contributed by atoms with Crippen LogP contribution >= 0.6 is 34.8 Å². The summed E-state index contributed by atoms with van der Waals surface area (Å²) in [6.45, 7) is 0. The highest BCUT2D eigenvalue weighted by molar-refractivity contribution is 6.35. The summed E-state index contributed by atoms with van der Waals surface area (Å²) in [6.07, 6.45) is 1.71. The van der Waals surface area contributed by atoms with Crippen molar-refractivity contribution in [2.24, 2.45) is 0 Å². The number of hydrogen-bond donors (Lipinski definition) is 0. The minimum absolute atomic E-state index is 0.606. The van der Waals surface area contributed by atoms with E-state index in [9.17, 15) is 0 Å². The second-order valence-corrected chi connectivity index (χ2v) is 3.05. The van der Waals surface area contributed by atoms with Crippen molar-refractivity contribution in [2.45, 2.75) is 0 Å². The molecule has 1 rings (SSSR count). The summed E-state index contributed by atoms with van der Waals surface area (Å²) in [5, 5.41) is 1.23. The molecule has 0 saturated heterocycles. The second-order valence-electron chi connectivity index (χ2n) is 1.96. The lowest BCUT2D eigenvalue weighted by Gasteiger charge is -1.96. The van der Waals surface area contributed by atoms with Crippen molar-refractivity contribution >= 4 is 40.9 Å². The van der Waals surface area contributed by atoms with Crippen LogP contribution in [0.3, 0.4) is 0 Å². The van der Waals surface area contributed by atoms with Crippen LogP contribution in [-0.2, 0) is 0 Å². The van der Waals surface area contributed by atoms with Gasteiger partial charge < -0.3 is 0 Å². The molecule has 0 heterocycles. The summed E-state index contributed by atoms with van der Waals surface area (Å²) in [5.74, 6) is 0. The molecule has 1 aromatic rings. The molecule has 58 valence electrons. The number of hydrogen-bond acceptors (Lipinski definition) is 0. The average Bonchev–Trinajstić information content (AvgIpc) is 1.95. The quantitative estimate of drug-likeness (QED) is 0.647. The topological polar surface area (TPSA) is 0 Å². The molecule has 0 N–H and O–H groups in total. The van der Waals surface area contributed by atoms with E-state index < -0.39 is 0 Å². The highest BCUT2D eigenvalue weighted by Gasteiger charge is 1.95. The Morgan fingerprint density at radius 3 is 2.45 bits per heavy atom. The van der Waals surface area contributed by atoms with Gasteiger partial charge in [-0.25, -0.2) is 0 Å². The van der Waals surface area contributed by atoms with Crippen molar-refractivity contribution in [1.29, 1.82) is 0 Å². The summed E-state index contributed by atoms with van der Waals surface area (Å²) < 4.78 is 0. The van der Waals surface area contributed by atoms with E-state index in [1.807, 2.05) is 6.07 Å². The van der Waals surface area contributed by atoms with Crippen molar-refractivity contribution in [1.82, 2.24) is 0 Å². The lowest BCUT2D eigenvalue weighted by atomic mass is 10.2. The molecule has 0 nitrogen and oxygen atoms in total. The van der Waals surface area contributed by atoms with Crippen molar-refractivity contribution < 1.29 is 0 Å². The van der Waals surface area contributed by atoms with Crippen LogP contribution in [-0.4, -0.2) is 0 Å². The Morgan fingerprint density at radius 2 is 1.91 bits per heavy atom. The van der Waals surface area contributed by atoms with Gasteiger partial charge in [0.2, 0.25) is 0 Å². The largest absolute Gasteiger partial charge is 0.0929 e. The molecule has 0 fully saturated rings. The molecule has 0 aliphatic heterocycles. The van der Waals surface area contributed by atoms with Gasteiger partial charge in [-0.15, -0.1) is 0 Å². The van der Waals surface area contributed by atoms with Gasteiger partial charge >= 0.3 is 0 Å². The molecule has 0 aliphatic carbocycles. The third-order valence-electron chi connectivity index (χ3n) is 1.21. The minimum Gasteiger partial charge on any atom is -0.0929 e. The standard InChI is InChI=1S/C8H5Cl3/c9-4-3-6-1-2-7(10)5-8(6)11/h1-5H. The number of halogens is 3. The SMILES string of the molecule is ClC=Cc1ccc(Cl)cc1Cl. The van der Waals surface area contributed by atoms with Crippen molar-refractivity contribution in [3.05, 3.63) is 39.3 Å². The molecule has 0 aromatic heterocycles. The summed E-state index contributed by atoms with van der Waals surface area (Å²) in [7, 11) is 0. The maximum Gasteiger partial charge on any atom is 0.0493 e. The van der Waals surface area contributed by atoms with Gasteiger partial charge in [-0.2, -0.15) is 0 Å². The fourth-order valence-electron chi connectivity index (χ4n) is 0.705. The van der Waals surface area contributed by atoms with Crippen LogP contribution in [0.5, 0.6) is 0 Å². The lowest BCUT2D eigenvalue weighted by molar-refractivity contribution is 1.66. The molecular formula is C8H5Cl3. The molecule has 1 aromatic carbocycles. The second kappa shape index (κ2) is 4.01. The van der Waals surface area contributed by atoms with E-state index in [2.05, 4.69) is 0 Å². The van der Waals surface area contributed by atoms with Gasteiger partial charge in [-0.1, -0.05) is 40.9 Å². The molecular weight excluding hydrogens is 202 g/mol. The Morgan fingerprint density at radius 1 is 1.18 bits per heavy atom. The van der Waals surface area contributed by atoms with Crippen LogP contribution in [0, 0.1) is 0 Å². The van der Waals surface area contributed by atoms with Crippen LogP contribution in [0.15, 0.2) is 23.7 Å². The first kappa shape index (κ1) is 8.92. The fraction of sp³-hybridized carbons (Fsp3) is 0. The normalized spacial score (nSPS) is 10.8. The Hall–Kier alpha value is -0.170. The molecule has 11 heavy (non-hydrogen) atoms. The number of rotatable bonds is 1.